The van der Waals surface area contributed by atoms with Crippen LogP contribution in [0.2, 0.25) is 0 Å². The van der Waals surface area contributed by atoms with Gasteiger partial charge in [-0.2, -0.15) is 0 Å². The third kappa shape index (κ3) is 3.81. The Labute approximate surface area is 160 Å². The van der Waals surface area contributed by atoms with E-state index in [1.165, 1.54) is 12.8 Å². The van der Waals surface area contributed by atoms with Gasteiger partial charge in [-0.1, -0.05) is 5.16 Å². The highest BCUT2D eigenvalue weighted by molar-refractivity contribution is 5.14. The number of likely N-dealkylation sites (tertiary alicyclic amines) is 1. The van der Waals surface area contributed by atoms with E-state index < -0.39 is 0 Å². The van der Waals surface area contributed by atoms with E-state index in [4.69, 9.17) is 9.26 Å². The van der Waals surface area contributed by atoms with Gasteiger partial charge in [0, 0.05) is 64.1 Å². The molecule has 0 aromatic carbocycles. The molecule has 5 rings (SSSR count). The number of aryl methyl sites for hydroxylation is 1. The Morgan fingerprint density at radius 3 is 2.74 bits per heavy atom. The molecule has 0 radical (unpaired) electrons. The van der Waals surface area contributed by atoms with Gasteiger partial charge in [0.15, 0.2) is 0 Å². The van der Waals surface area contributed by atoms with Crippen LogP contribution >= 0.6 is 0 Å². The van der Waals surface area contributed by atoms with E-state index in [9.17, 15) is 0 Å². The Hall–Kier alpha value is -1.70. The number of hydrogen-bond acceptors (Lipinski definition) is 6. The number of morpholine rings is 1. The molecule has 7 nitrogen and oxygen atoms in total. The summed E-state index contributed by atoms with van der Waals surface area (Å²) in [4.78, 5) is 9.45. The van der Waals surface area contributed by atoms with E-state index >= 15 is 0 Å². The Morgan fingerprint density at radius 2 is 2.00 bits per heavy atom. The molecule has 2 aromatic heterocycles. The number of nitrogens with zero attached hydrogens (tertiary/aromatic N) is 5. The molecule has 1 aliphatic carbocycles. The molecule has 0 atom stereocenters. The summed E-state index contributed by atoms with van der Waals surface area (Å²) in [5, 5.41) is 4.29. The maximum atomic E-state index is 6.30. The van der Waals surface area contributed by atoms with Crippen molar-refractivity contribution in [1.29, 1.82) is 0 Å². The first-order valence-corrected chi connectivity index (χ1v) is 10.2. The van der Waals surface area contributed by atoms with Gasteiger partial charge in [-0.05, 0) is 25.7 Å². The van der Waals surface area contributed by atoms with Crippen molar-refractivity contribution in [2.24, 2.45) is 7.05 Å². The van der Waals surface area contributed by atoms with E-state index in [-0.39, 0.29) is 5.60 Å². The van der Waals surface area contributed by atoms with Gasteiger partial charge in [-0.3, -0.25) is 9.80 Å². The average molecular weight is 371 g/mol. The van der Waals surface area contributed by atoms with Crippen LogP contribution in [0, 0.1) is 0 Å². The largest absolute Gasteiger partial charge is 0.372 e. The molecule has 0 bridgehead atoms. The van der Waals surface area contributed by atoms with Crippen LogP contribution in [0.25, 0.3) is 0 Å². The van der Waals surface area contributed by atoms with Crippen LogP contribution < -0.4 is 0 Å². The molecular formula is C20H29N5O2. The highest BCUT2D eigenvalue weighted by Crippen LogP contribution is 2.40. The zero-order chi connectivity index (χ0) is 18.3. The molecular weight excluding hydrogens is 342 g/mol. The van der Waals surface area contributed by atoms with Crippen molar-refractivity contribution in [3.63, 3.8) is 0 Å². The third-order valence-corrected chi connectivity index (χ3v) is 6.32. The minimum atomic E-state index is -0.000550. The number of imidazole rings is 1. The third-order valence-electron chi connectivity index (χ3n) is 6.32. The van der Waals surface area contributed by atoms with Crippen molar-refractivity contribution < 1.29 is 9.26 Å². The quantitative estimate of drug-likeness (QED) is 0.803. The van der Waals surface area contributed by atoms with Gasteiger partial charge >= 0.3 is 0 Å². The summed E-state index contributed by atoms with van der Waals surface area (Å²) in [5.74, 6) is 2.84. The van der Waals surface area contributed by atoms with Crippen LogP contribution in [0.4, 0.5) is 0 Å². The van der Waals surface area contributed by atoms with Crippen molar-refractivity contribution in [3.05, 3.63) is 35.7 Å². The Morgan fingerprint density at radius 1 is 1.15 bits per heavy atom. The molecule has 146 valence electrons. The molecule has 7 heteroatoms. The van der Waals surface area contributed by atoms with Crippen LogP contribution in [-0.2, 0) is 24.9 Å². The molecule has 2 aliphatic heterocycles. The lowest BCUT2D eigenvalue weighted by molar-refractivity contribution is -0.138. The number of aromatic nitrogens is 3. The SMILES string of the molecule is Cn1ccnc1CN1CCC2(CC1)CN(Cc1cc(C3CC3)on1)CCO2. The fourth-order valence-electron chi connectivity index (χ4n) is 4.42. The number of piperidine rings is 1. The molecule has 0 N–H and O–H groups in total. The fourth-order valence-corrected chi connectivity index (χ4v) is 4.42. The second kappa shape index (κ2) is 7.04. The van der Waals surface area contributed by atoms with Crippen LogP contribution in [0.3, 0.4) is 0 Å². The summed E-state index contributed by atoms with van der Waals surface area (Å²) < 4.78 is 13.9. The first-order chi connectivity index (χ1) is 13.2. The summed E-state index contributed by atoms with van der Waals surface area (Å²) in [6, 6.07) is 2.16. The Bertz CT molecular complexity index is 773. The summed E-state index contributed by atoms with van der Waals surface area (Å²) in [5.41, 5.74) is 1.07. The fraction of sp³-hybridized carbons (Fsp3) is 0.700. The van der Waals surface area contributed by atoms with Crippen molar-refractivity contribution in [2.45, 2.75) is 50.3 Å². The molecule has 1 spiro atoms. The minimum Gasteiger partial charge on any atom is -0.372 e. The van der Waals surface area contributed by atoms with Gasteiger partial charge in [0.1, 0.15) is 11.6 Å². The van der Waals surface area contributed by atoms with E-state index in [1.807, 2.05) is 12.4 Å². The summed E-state index contributed by atoms with van der Waals surface area (Å²) in [6.07, 6.45) is 8.57. The molecule has 27 heavy (non-hydrogen) atoms. The summed E-state index contributed by atoms with van der Waals surface area (Å²) in [7, 11) is 2.06. The molecule has 2 aromatic rings. The molecule has 2 saturated heterocycles. The number of ether oxygens (including phenoxy) is 1. The maximum absolute atomic E-state index is 6.30. The lowest BCUT2D eigenvalue weighted by atomic mass is 9.89. The van der Waals surface area contributed by atoms with Crippen LogP contribution in [0.5, 0.6) is 0 Å². The molecule has 0 unspecified atom stereocenters. The molecule has 1 saturated carbocycles. The topological polar surface area (TPSA) is 59.6 Å². The van der Waals surface area contributed by atoms with Gasteiger partial charge in [0.25, 0.3) is 0 Å². The Balaban J connectivity index is 1.16. The summed E-state index contributed by atoms with van der Waals surface area (Å²) in [6.45, 7) is 6.71. The smallest absolute Gasteiger partial charge is 0.140 e. The van der Waals surface area contributed by atoms with Crippen molar-refractivity contribution in [2.75, 3.05) is 32.8 Å². The normalized spacial score (nSPS) is 23.9. The predicted molar refractivity (Wildman–Crippen MR) is 100 cm³/mol. The van der Waals surface area contributed by atoms with E-state index in [1.54, 1.807) is 0 Å². The number of hydrogen-bond donors (Lipinski definition) is 0. The minimum absolute atomic E-state index is 0.000550. The van der Waals surface area contributed by atoms with Crippen LogP contribution in [0.1, 0.15) is 48.9 Å². The van der Waals surface area contributed by atoms with Gasteiger partial charge in [-0.15, -0.1) is 0 Å². The molecule has 3 aliphatic rings. The number of rotatable bonds is 5. The van der Waals surface area contributed by atoms with Gasteiger partial charge in [-0.25, -0.2) is 4.98 Å². The second-order valence-electron chi connectivity index (χ2n) is 8.47. The monoisotopic (exact) mass is 371 g/mol. The standard InChI is InChI=1S/C20H29N5O2/c1-23-9-6-21-19(23)14-24-7-4-20(5-8-24)15-25(10-11-26-20)13-17-12-18(27-22-17)16-2-3-16/h6,9,12,16H,2-5,7-8,10-11,13-15H2,1H3. The summed E-state index contributed by atoms with van der Waals surface area (Å²) >= 11 is 0. The molecule has 4 heterocycles. The zero-order valence-electron chi connectivity index (χ0n) is 16.1. The van der Waals surface area contributed by atoms with Crippen molar-refractivity contribution >= 4 is 0 Å². The predicted octanol–water partition coefficient (Wildman–Crippen LogP) is 2.15. The molecule has 0 amide bonds. The van der Waals surface area contributed by atoms with Gasteiger partial charge in [0.2, 0.25) is 0 Å². The Kier molecular flexibility index (Phi) is 4.53. The van der Waals surface area contributed by atoms with Crippen molar-refractivity contribution in [1.82, 2.24) is 24.5 Å². The van der Waals surface area contributed by atoms with Crippen LogP contribution in [0.15, 0.2) is 23.0 Å². The average Bonchev–Trinajstić information content (AvgIpc) is 3.29. The maximum Gasteiger partial charge on any atom is 0.140 e. The second-order valence-corrected chi connectivity index (χ2v) is 8.47. The first kappa shape index (κ1) is 17.4. The van der Waals surface area contributed by atoms with Gasteiger partial charge in [0.05, 0.1) is 24.4 Å². The van der Waals surface area contributed by atoms with E-state index in [0.29, 0.717) is 5.92 Å². The zero-order valence-corrected chi connectivity index (χ0v) is 16.1. The van der Waals surface area contributed by atoms with Gasteiger partial charge < -0.3 is 13.8 Å². The first-order valence-electron chi connectivity index (χ1n) is 10.2. The van der Waals surface area contributed by atoms with E-state index in [2.05, 4.69) is 37.6 Å². The lowest BCUT2D eigenvalue weighted by Gasteiger charge is -2.47. The molecule has 3 fully saturated rings. The van der Waals surface area contributed by atoms with Crippen LogP contribution in [-0.4, -0.2) is 62.9 Å². The highest BCUT2D eigenvalue weighted by Gasteiger charge is 2.40. The highest BCUT2D eigenvalue weighted by atomic mass is 16.5. The van der Waals surface area contributed by atoms with Crippen molar-refractivity contribution in [3.8, 4) is 0 Å². The lowest BCUT2D eigenvalue weighted by Crippen LogP contribution is -2.56. The van der Waals surface area contributed by atoms with E-state index in [0.717, 1.165) is 76.0 Å².